The normalized spacial score (nSPS) is 11.6. The van der Waals surface area contributed by atoms with Crippen molar-refractivity contribution in [1.82, 2.24) is 9.97 Å². The molecule has 31 heavy (non-hydrogen) atoms. The van der Waals surface area contributed by atoms with E-state index in [-0.39, 0.29) is 11.8 Å². The predicted molar refractivity (Wildman–Crippen MR) is 128 cm³/mol. The van der Waals surface area contributed by atoms with E-state index in [9.17, 15) is 4.79 Å². The Morgan fingerprint density at radius 1 is 0.935 bits per heavy atom. The van der Waals surface area contributed by atoms with Crippen molar-refractivity contribution >= 4 is 29.0 Å². The van der Waals surface area contributed by atoms with E-state index in [0.29, 0.717) is 5.95 Å². The van der Waals surface area contributed by atoms with Gasteiger partial charge in [-0.15, -0.1) is 0 Å². The first-order valence-corrected chi connectivity index (χ1v) is 10.9. The smallest absolute Gasteiger partial charge is 0.231 e. The summed E-state index contributed by atoms with van der Waals surface area (Å²) in [6.07, 6.45) is 0.745. The van der Waals surface area contributed by atoms with Crippen LogP contribution in [-0.4, -0.2) is 29.0 Å². The van der Waals surface area contributed by atoms with E-state index in [4.69, 9.17) is 0 Å². The van der Waals surface area contributed by atoms with Crippen LogP contribution in [0.1, 0.15) is 44.4 Å². The van der Waals surface area contributed by atoms with Crippen molar-refractivity contribution in [2.24, 2.45) is 0 Å². The fraction of sp³-hybridized carbons (Fsp3) is 0.320. The van der Waals surface area contributed by atoms with Crippen LogP contribution in [0.4, 0.5) is 23.1 Å². The molecule has 0 aliphatic rings. The second kappa shape index (κ2) is 10.6. The van der Waals surface area contributed by atoms with Crippen LogP contribution in [0.25, 0.3) is 0 Å². The highest BCUT2D eigenvalue weighted by molar-refractivity contribution is 5.96. The molecule has 0 saturated carbocycles. The number of carbonyl (C=O) groups excluding carboxylic acids is 1. The quantitative estimate of drug-likeness (QED) is 0.481. The van der Waals surface area contributed by atoms with Gasteiger partial charge in [0.05, 0.1) is 5.92 Å². The van der Waals surface area contributed by atoms with Crippen LogP contribution < -0.4 is 15.5 Å². The van der Waals surface area contributed by atoms with Crippen molar-refractivity contribution in [3.63, 3.8) is 0 Å². The van der Waals surface area contributed by atoms with Gasteiger partial charge >= 0.3 is 0 Å². The molecule has 1 aromatic heterocycles. The third kappa shape index (κ3) is 5.81. The number of amides is 1. The number of aryl methyl sites for hydroxylation is 1. The number of rotatable bonds is 9. The van der Waals surface area contributed by atoms with Gasteiger partial charge in [-0.05, 0) is 57.0 Å². The second-order valence-electron chi connectivity index (χ2n) is 7.43. The Morgan fingerprint density at radius 2 is 1.58 bits per heavy atom. The summed E-state index contributed by atoms with van der Waals surface area (Å²) in [5, 5.41) is 6.29. The monoisotopic (exact) mass is 417 g/mol. The third-order valence-corrected chi connectivity index (χ3v) is 5.26. The average Bonchev–Trinajstić information content (AvgIpc) is 2.77. The molecule has 0 saturated heterocycles. The lowest BCUT2D eigenvalue weighted by Gasteiger charge is -2.20. The Bertz CT molecular complexity index is 985. The van der Waals surface area contributed by atoms with Crippen LogP contribution in [-0.2, 0) is 4.79 Å². The molecular formula is C25H31N5O. The Morgan fingerprint density at radius 3 is 2.19 bits per heavy atom. The number of anilines is 4. The number of hydrogen-bond acceptors (Lipinski definition) is 5. The summed E-state index contributed by atoms with van der Waals surface area (Å²) in [5.74, 6) is 1.31. The molecule has 0 radical (unpaired) electrons. The summed E-state index contributed by atoms with van der Waals surface area (Å²) in [5.41, 5.74) is 3.57. The summed E-state index contributed by atoms with van der Waals surface area (Å²) in [6, 6.07) is 19.5. The lowest BCUT2D eigenvalue weighted by molar-refractivity contribution is -0.117. The van der Waals surface area contributed by atoms with Crippen molar-refractivity contribution in [2.75, 3.05) is 28.6 Å². The third-order valence-electron chi connectivity index (χ3n) is 5.26. The molecule has 0 spiro atoms. The Balaban J connectivity index is 1.69. The number of nitrogens with zero attached hydrogens (tertiary/aromatic N) is 3. The molecule has 0 fully saturated rings. The van der Waals surface area contributed by atoms with Gasteiger partial charge in [-0.1, -0.05) is 37.3 Å². The van der Waals surface area contributed by atoms with Crippen LogP contribution in [0.5, 0.6) is 0 Å². The Kier molecular flexibility index (Phi) is 7.60. The summed E-state index contributed by atoms with van der Waals surface area (Å²) in [6.45, 7) is 10.0. The lowest BCUT2D eigenvalue weighted by Crippen LogP contribution is -2.23. The molecule has 0 bridgehead atoms. The van der Waals surface area contributed by atoms with Crippen molar-refractivity contribution in [2.45, 2.75) is 40.0 Å². The summed E-state index contributed by atoms with van der Waals surface area (Å²) in [7, 11) is 0. The van der Waals surface area contributed by atoms with Crippen molar-refractivity contribution in [3.8, 4) is 0 Å². The SMILES string of the molecule is CC[C@H](C(=O)Nc1ccc(Nc2nc(C)cc(N(CC)CC)n2)cc1)c1ccccc1. The van der Waals surface area contributed by atoms with E-state index in [1.54, 1.807) is 0 Å². The van der Waals surface area contributed by atoms with Crippen molar-refractivity contribution < 1.29 is 4.79 Å². The van der Waals surface area contributed by atoms with Crippen LogP contribution >= 0.6 is 0 Å². The number of hydrogen-bond donors (Lipinski definition) is 2. The van der Waals surface area contributed by atoms with Gasteiger partial charge in [0.15, 0.2) is 0 Å². The zero-order chi connectivity index (χ0) is 22.2. The van der Waals surface area contributed by atoms with Gasteiger partial charge in [-0.25, -0.2) is 4.98 Å². The van der Waals surface area contributed by atoms with Gasteiger partial charge in [0.25, 0.3) is 0 Å². The minimum atomic E-state index is -0.168. The Labute approximate surface area is 184 Å². The largest absolute Gasteiger partial charge is 0.357 e. The molecule has 2 aromatic carbocycles. The Hall–Kier alpha value is -3.41. The van der Waals surface area contributed by atoms with Crippen molar-refractivity contribution in [3.05, 3.63) is 71.9 Å². The molecule has 0 aliphatic heterocycles. The van der Waals surface area contributed by atoms with E-state index in [1.807, 2.05) is 74.5 Å². The van der Waals surface area contributed by atoms with Crippen LogP contribution in [0.2, 0.25) is 0 Å². The van der Waals surface area contributed by atoms with Crippen molar-refractivity contribution in [1.29, 1.82) is 0 Å². The predicted octanol–water partition coefficient (Wildman–Crippen LogP) is 5.51. The van der Waals surface area contributed by atoms with Gasteiger partial charge in [0.2, 0.25) is 11.9 Å². The molecule has 1 amide bonds. The lowest BCUT2D eigenvalue weighted by atomic mass is 9.95. The highest BCUT2D eigenvalue weighted by Crippen LogP contribution is 2.23. The molecule has 1 atom stereocenters. The van der Waals surface area contributed by atoms with E-state index in [0.717, 1.165) is 48.0 Å². The summed E-state index contributed by atoms with van der Waals surface area (Å²) >= 11 is 0. The zero-order valence-electron chi connectivity index (χ0n) is 18.7. The molecule has 3 rings (SSSR count). The summed E-state index contributed by atoms with van der Waals surface area (Å²) < 4.78 is 0. The fourth-order valence-corrected chi connectivity index (χ4v) is 3.57. The van der Waals surface area contributed by atoms with E-state index >= 15 is 0 Å². The number of nitrogens with one attached hydrogen (secondary N) is 2. The first kappa shape index (κ1) is 22.3. The fourth-order valence-electron chi connectivity index (χ4n) is 3.57. The van der Waals surface area contributed by atoms with Crippen LogP contribution in [0, 0.1) is 6.92 Å². The topological polar surface area (TPSA) is 70.2 Å². The second-order valence-corrected chi connectivity index (χ2v) is 7.43. The molecule has 6 heteroatoms. The maximum atomic E-state index is 12.8. The molecule has 0 unspecified atom stereocenters. The van der Waals surface area contributed by atoms with Gasteiger partial charge < -0.3 is 15.5 Å². The first-order chi connectivity index (χ1) is 15.0. The number of benzene rings is 2. The highest BCUT2D eigenvalue weighted by Gasteiger charge is 2.18. The number of aromatic nitrogens is 2. The maximum absolute atomic E-state index is 12.8. The van der Waals surface area contributed by atoms with Gasteiger partial charge in [-0.3, -0.25) is 4.79 Å². The van der Waals surface area contributed by atoms with Gasteiger partial charge in [-0.2, -0.15) is 4.98 Å². The van der Waals surface area contributed by atoms with Crippen LogP contribution in [0.3, 0.4) is 0 Å². The molecule has 3 aromatic rings. The summed E-state index contributed by atoms with van der Waals surface area (Å²) in [4.78, 5) is 24.1. The van der Waals surface area contributed by atoms with Crippen LogP contribution in [0.15, 0.2) is 60.7 Å². The molecule has 6 nitrogen and oxygen atoms in total. The molecule has 0 aliphatic carbocycles. The van der Waals surface area contributed by atoms with Gasteiger partial charge in [0, 0.05) is 36.2 Å². The molecule has 162 valence electrons. The standard InChI is InChI=1S/C25H31N5O/c1-5-22(19-11-9-8-10-12-19)24(31)27-20-13-15-21(16-14-20)28-25-26-18(4)17-23(29-25)30(6-2)7-3/h8-17,22H,5-7H2,1-4H3,(H,27,31)(H,26,28,29)/t22-/m0/s1. The van der Waals surface area contributed by atoms with E-state index in [2.05, 4.69) is 39.3 Å². The number of carbonyl (C=O) groups is 1. The minimum Gasteiger partial charge on any atom is -0.357 e. The zero-order valence-corrected chi connectivity index (χ0v) is 18.7. The van der Waals surface area contributed by atoms with E-state index in [1.165, 1.54) is 0 Å². The molecular weight excluding hydrogens is 386 g/mol. The highest BCUT2D eigenvalue weighted by atomic mass is 16.1. The van der Waals surface area contributed by atoms with Gasteiger partial charge in [0.1, 0.15) is 5.82 Å². The molecule has 1 heterocycles. The minimum absolute atomic E-state index is 0.000270. The van der Waals surface area contributed by atoms with E-state index < -0.39 is 0 Å². The first-order valence-electron chi connectivity index (χ1n) is 10.9. The molecule has 2 N–H and O–H groups in total. The maximum Gasteiger partial charge on any atom is 0.231 e. The average molecular weight is 418 g/mol.